The van der Waals surface area contributed by atoms with Gasteiger partial charge in [-0.05, 0) is 31.5 Å². The van der Waals surface area contributed by atoms with Crippen LogP contribution in [0.3, 0.4) is 0 Å². The number of nitrogens with zero attached hydrogens (tertiary/aromatic N) is 4. The largest absolute Gasteiger partial charge is 0.495 e. The van der Waals surface area contributed by atoms with E-state index in [4.69, 9.17) is 4.74 Å². The molecule has 1 aromatic carbocycles. The van der Waals surface area contributed by atoms with Crippen LogP contribution in [-0.4, -0.2) is 46.8 Å². The highest BCUT2D eigenvalue weighted by atomic mass is 16.6. The maximum absolute atomic E-state index is 11.6. The second-order valence-corrected chi connectivity index (χ2v) is 5.28. The average molecular weight is 347 g/mol. The summed E-state index contributed by atoms with van der Waals surface area (Å²) in [6.07, 6.45) is 1.26. The molecule has 9 nitrogen and oxygen atoms in total. The van der Waals surface area contributed by atoms with Crippen molar-refractivity contribution >= 4 is 23.0 Å². The SMILES string of the molecule is CCN(CCO)c1ncnc(Nc2cc(C)ccc2OC)c1[N+](=O)[O-]. The molecule has 0 atom stereocenters. The van der Waals surface area contributed by atoms with Gasteiger partial charge in [0, 0.05) is 13.1 Å². The summed E-state index contributed by atoms with van der Waals surface area (Å²) in [6, 6.07) is 5.47. The monoisotopic (exact) mass is 347 g/mol. The van der Waals surface area contributed by atoms with Crippen LogP contribution in [0.15, 0.2) is 24.5 Å². The van der Waals surface area contributed by atoms with Gasteiger partial charge < -0.3 is 20.1 Å². The number of benzene rings is 1. The van der Waals surface area contributed by atoms with Gasteiger partial charge in [-0.1, -0.05) is 6.07 Å². The maximum Gasteiger partial charge on any atom is 0.353 e. The molecule has 9 heteroatoms. The van der Waals surface area contributed by atoms with Crippen LogP contribution in [0.5, 0.6) is 5.75 Å². The Labute approximate surface area is 145 Å². The Morgan fingerprint density at radius 3 is 2.76 bits per heavy atom. The van der Waals surface area contributed by atoms with Crippen molar-refractivity contribution in [2.45, 2.75) is 13.8 Å². The molecule has 25 heavy (non-hydrogen) atoms. The van der Waals surface area contributed by atoms with Crippen LogP contribution in [0.4, 0.5) is 23.0 Å². The summed E-state index contributed by atoms with van der Waals surface area (Å²) in [4.78, 5) is 20.8. The molecule has 0 fully saturated rings. The number of aromatic nitrogens is 2. The number of aryl methyl sites for hydroxylation is 1. The van der Waals surface area contributed by atoms with Gasteiger partial charge in [-0.25, -0.2) is 9.97 Å². The first kappa shape index (κ1) is 18.4. The normalized spacial score (nSPS) is 10.4. The van der Waals surface area contributed by atoms with Gasteiger partial charge in [0.25, 0.3) is 0 Å². The minimum Gasteiger partial charge on any atom is -0.495 e. The van der Waals surface area contributed by atoms with E-state index in [-0.39, 0.29) is 30.5 Å². The van der Waals surface area contributed by atoms with Crippen LogP contribution in [-0.2, 0) is 0 Å². The van der Waals surface area contributed by atoms with E-state index in [1.807, 2.05) is 26.0 Å². The van der Waals surface area contributed by atoms with Gasteiger partial charge in [0.05, 0.1) is 24.3 Å². The Morgan fingerprint density at radius 2 is 2.16 bits per heavy atom. The molecule has 0 amide bonds. The predicted octanol–water partition coefficient (Wildman–Crippen LogP) is 2.26. The summed E-state index contributed by atoms with van der Waals surface area (Å²) in [6.45, 7) is 4.30. The Kier molecular flexibility index (Phi) is 6.07. The molecule has 1 aromatic heterocycles. The van der Waals surface area contributed by atoms with Crippen LogP contribution < -0.4 is 15.0 Å². The fourth-order valence-electron chi connectivity index (χ4n) is 2.44. The summed E-state index contributed by atoms with van der Waals surface area (Å²) in [7, 11) is 1.52. The van der Waals surface area contributed by atoms with Crippen LogP contribution >= 0.6 is 0 Å². The molecule has 0 aliphatic carbocycles. The predicted molar refractivity (Wildman–Crippen MR) is 94.7 cm³/mol. The van der Waals surface area contributed by atoms with E-state index in [0.717, 1.165) is 5.56 Å². The Bertz CT molecular complexity index is 753. The molecule has 0 aliphatic rings. The van der Waals surface area contributed by atoms with E-state index in [2.05, 4.69) is 15.3 Å². The highest BCUT2D eigenvalue weighted by Crippen LogP contribution is 2.36. The molecule has 2 aromatic rings. The lowest BCUT2D eigenvalue weighted by atomic mass is 10.2. The lowest BCUT2D eigenvalue weighted by molar-refractivity contribution is -0.383. The van der Waals surface area contributed by atoms with E-state index in [0.29, 0.717) is 18.0 Å². The fraction of sp³-hybridized carbons (Fsp3) is 0.375. The molecule has 0 saturated carbocycles. The first-order valence-electron chi connectivity index (χ1n) is 7.78. The van der Waals surface area contributed by atoms with E-state index in [1.54, 1.807) is 11.0 Å². The van der Waals surface area contributed by atoms with Gasteiger partial charge in [0.2, 0.25) is 11.6 Å². The van der Waals surface area contributed by atoms with Crippen molar-refractivity contribution in [3.8, 4) is 5.75 Å². The molecule has 0 unspecified atom stereocenters. The standard InChI is InChI=1S/C16H21N5O4/c1-4-20(7-8-22)16-14(21(23)24)15(17-10-18-16)19-12-9-11(2)5-6-13(12)25-3/h5-6,9-10,22H,4,7-8H2,1-3H3,(H,17,18,19). The Balaban J connectivity index is 2.51. The zero-order valence-corrected chi connectivity index (χ0v) is 14.4. The van der Waals surface area contributed by atoms with Crippen molar-refractivity contribution < 1.29 is 14.8 Å². The molecule has 0 spiro atoms. The number of aliphatic hydroxyl groups is 1. The minimum absolute atomic E-state index is 0.0651. The number of hydrogen-bond donors (Lipinski definition) is 2. The molecule has 2 rings (SSSR count). The quantitative estimate of drug-likeness (QED) is 0.552. The van der Waals surface area contributed by atoms with Crippen LogP contribution in [0.2, 0.25) is 0 Å². The lowest BCUT2D eigenvalue weighted by Crippen LogP contribution is -2.28. The van der Waals surface area contributed by atoms with Gasteiger partial charge in [-0.3, -0.25) is 10.1 Å². The van der Waals surface area contributed by atoms with Crippen LogP contribution in [0, 0.1) is 17.0 Å². The number of methoxy groups -OCH3 is 1. The van der Waals surface area contributed by atoms with Crippen molar-refractivity contribution in [3.05, 3.63) is 40.2 Å². The zero-order valence-electron chi connectivity index (χ0n) is 14.4. The molecule has 1 heterocycles. The van der Waals surface area contributed by atoms with Gasteiger partial charge in [-0.15, -0.1) is 0 Å². The number of rotatable bonds is 8. The first-order chi connectivity index (χ1) is 12.0. The summed E-state index contributed by atoms with van der Waals surface area (Å²) >= 11 is 0. The van der Waals surface area contributed by atoms with Crippen molar-refractivity contribution in [1.82, 2.24) is 9.97 Å². The number of anilines is 3. The molecule has 0 aliphatic heterocycles. The molecule has 0 bridgehead atoms. The number of nitrogens with one attached hydrogen (secondary N) is 1. The second kappa shape index (κ2) is 8.25. The third kappa shape index (κ3) is 4.13. The Morgan fingerprint density at radius 1 is 1.40 bits per heavy atom. The van der Waals surface area contributed by atoms with Gasteiger partial charge >= 0.3 is 5.69 Å². The fourth-order valence-corrected chi connectivity index (χ4v) is 2.44. The molecule has 0 radical (unpaired) electrons. The minimum atomic E-state index is -0.528. The topological polar surface area (TPSA) is 114 Å². The van der Waals surface area contributed by atoms with E-state index in [9.17, 15) is 15.2 Å². The second-order valence-electron chi connectivity index (χ2n) is 5.28. The highest BCUT2D eigenvalue weighted by Gasteiger charge is 2.27. The first-order valence-corrected chi connectivity index (χ1v) is 7.78. The smallest absolute Gasteiger partial charge is 0.353 e. The third-order valence-corrected chi connectivity index (χ3v) is 3.64. The van der Waals surface area contributed by atoms with E-state index >= 15 is 0 Å². The Hall–Kier alpha value is -2.94. The number of nitro groups is 1. The average Bonchev–Trinajstić information content (AvgIpc) is 2.59. The summed E-state index contributed by atoms with van der Waals surface area (Å²) in [5.74, 6) is 0.767. The van der Waals surface area contributed by atoms with Crippen molar-refractivity contribution in [2.75, 3.05) is 37.0 Å². The number of hydrogen-bond acceptors (Lipinski definition) is 8. The number of aliphatic hydroxyl groups excluding tert-OH is 1. The summed E-state index contributed by atoms with van der Waals surface area (Å²) in [5.41, 5.74) is 1.29. The molecule has 134 valence electrons. The van der Waals surface area contributed by atoms with Crippen LogP contribution in [0.1, 0.15) is 12.5 Å². The molecular weight excluding hydrogens is 326 g/mol. The zero-order chi connectivity index (χ0) is 18.4. The number of likely N-dealkylation sites (N-methyl/N-ethyl adjacent to an activating group) is 1. The van der Waals surface area contributed by atoms with Gasteiger partial charge in [-0.2, -0.15) is 0 Å². The van der Waals surface area contributed by atoms with Crippen molar-refractivity contribution in [1.29, 1.82) is 0 Å². The van der Waals surface area contributed by atoms with Crippen molar-refractivity contribution in [3.63, 3.8) is 0 Å². The highest BCUT2D eigenvalue weighted by molar-refractivity contribution is 5.76. The summed E-state index contributed by atoms with van der Waals surface area (Å²) < 4.78 is 5.29. The van der Waals surface area contributed by atoms with Crippen LogP contribution in [0.25, 0.3) is 0 Å². The maximum atomic E-state index is 11.6. The summed E-state index contributed by atoms with van der Waals surface area (Å²) in [5, 5.41) is 23.8. The third-order valence-electron chi connectivity index (χ3n) is 3.64. The number of ether oxygens (including phenoxy) is 1. The van der Waals surface area contributed by atoms with E-state index < -0.39 is 4.92 Å². The molecular formula is C16H21N5O4. The molecule has 2 N–H and O–H groups in total. The van der Waals surface area contributed by atoms with Gasteiger partial charge in [0.15, 0.2) is 0 Å². The van der Waals surface area contributed by atoms with E-state index in [1.165, 1.54) is 13.4 Å². The molecule has 0 saturated heterocycles. The lowest BCUT2D eigenvalue weighted by Gasteiger charge is -2.21. The van der Waals surface area contributed by atoms with Gasteiger partial charge in [0.1, 0.15) is 12.1 Å². The van der Waals surface area contributed by atoms with Crippen molar-refractivity contribution in [2.24, 2.45) is 0 Å².